The van der Waals surface area contributed by atoms with Gasteiger partial charge in [0.05, 0.1) is 10.6 Å². The number of amides is 1. The van der Waals surface area contributed by atoms with E-state index in [4.69, 9.17) is 16.7 Å². The first-order valence-electron chi connectivity index (χ1n) is 8.20. The van der Waals surface area contributed by atoms with Gasteiger partial charge in [-0.25, -0.2) is 0 Å². The highest BCUT2D eigenvalue weighted by molar-refractivity contribution is 6.31. The van der Waals surface area contributed by atoms with E-state index in [2.05, 4.69) is 10.6 Å². The minimum absolute atomic E-state index is 0.0281. The minimum Gasteiger partial charge on any atom is -0.480 e. The molecule has 9 heteroatoms. The van der Waals surface area contributed by atoms with E-state index >= 15 is 0 Å². The highest BCUT2D eigenvalue weighted by Gasteiger charge is 2.33. The van der Waals surface area contributed by atoms with Crippen LogP contribution in [-0.2, 0) is 15.8 Å². The van der Waals surface area contributed by atoms with Gasteiger partial charge in [-0.15, -0.1) is 0 Å². The molecule has 0 saturated carbocycles. The van der Waals surface area contributed by atoms with Crippen LogP contribution in [0.3, 0.4) is 0 Å². The number of carboxylic acids is 1. The lowest BCUT2D eigenvalue weighted by Gasteiger charge is -2.20. The van der Waals surface area contributed by atoms with E-state index in [9.17, 15) is 22.8 Å². The van der Waals surface area contributed by atoms with Crippen LogP contribution in [0.2, 0.25) is 5.02 Å². The number of alkyl halides is 3. The first kappa shape index (κ1) is 22.2. The summed E-state index contributed by atoms with van der Waals surface area (Å²) in [6.45, 7) is 3.58. The number of rotatable bonds is 9. The summed E-state index contributed by atoms with van der Waals surface area (Å²) in [5.74, 6) is -1.53. The number of nitrogens with one attached hydrogen (secondary N) is 2. The third-order valence-corrected chi connectivity index (χ3v) is 4.01. The molecular formula is C17H22ClF3N2O3. The molecule has 1 amide bonds. The van der Waals surface area contributed by atoms with Crippen LogP contribution < -0.4 is 10.6 Å². The van der Waals surface area contributed by atoms with Crippen molar-refractivity contribution in [1.82, 2.24) is 5.32 Å². The van der Waals surface area contributed by atoms with Crippen LogP contribution in [0, 0.1) is 0 Å². The number of anilines is 1. The number of halogens is 4. The number of aliphatic carboxylic acids is 1. The van der Waals surface area contributed by atoms with Gasteiger partial charge in [0.15, 0.2) is 0 Å². The van der Waals surface area contributed by atoms with Crippen LogP contribution >= 0.6 is 11.6 Å². The van der Waals surface area contributed by atoms with Crippen LogP contribution in [0.1, 0.15) is 45.1 Å². The predicted molar refractivity (Wildman–Crippen MR) is 93.2 cm³/mol. The van der Waals surface area contributed by atoms with E-state index < -0.39 is 40.7 Å². The summed E-state index contributed by atoms with van der Waals surface area (Å²) in [6, 6.07) is 1.87. The Morgan fingerprint density at radius 3 is 2.50 bits per heavy atom. The predicted octanol–water partition coefficient (Wildman–Crippen LogP) is 4.31. The molecule has 26 heavy (non-hydrogen) atoms. The van der Waals surface area contributed by atoms with Gasteiger partial charge >= 0.3 is 12.1 Å². The van der Waals surface area contributed by atoms with Crippen LogP contribution in [0.15, 0.2) is 18.2 Å². The molecule has 0 aliphatic heterocycles. The molecule has 5 nitrogen and oxygen atoms in total. The van der Waals surface area contributed by atoms with Gasteiger partial charge in [-0.05, 0) is 31.5 Å². The molecule has 2 atom stereocenters. The maximum absolute atomic E-state index is 12.8. The van der Waals surface area contributed by atoms with Crippen molar-refractivity contribution in [1.29, 1.82) is 0 Å². The molecule has 1 rings (SSSR count). The molecule has 146 valence electrons. The summed E-state index contributed by atoms with van der Waals surface area (Å²) < 4.78 is 38.5. The average molecular weight is 395 g/mol. The number of benzene rings is 1. The molecule has 0 fully saturated rings. The molecule has 0 bridgehead atoms. The Hall–Kier alpha value is -1.80. The lowest BCUT2D eigenvalue weighted by molar-refractivity contribution is -0.140. The Balaban J connectivity index is 2.67. The Bertz CT molecular complexity index is 638. The van der Waals surface area contributed by atoms with Crippen LogP contribution in [0.4, 0.5) is 18.9 Å². The van der Waals surface area contributed by atoms with Crippen molar-refractivity contribution in [3.05, 3.63) is 28.8 Å². The molecule has 0 radical (unpaired) electrons. The van der Waals surface area contributed by atoms with Gasteiger partial charge in [-0.3, -0.25) is 9.59 Å². The SMILES string of the molecule is CCCC[C@H](NC(C)CC(=O)Nc1ccc(Cl)c(C(F)(F)F)c1)C(=O)O. The summed E-state index contributed by atoms with van der Waals surface area (Å²) in [7, 11) is 0. The summed E-state index contributed by atoms with van der Waals surface area (Å²) in [5, 5.41) is 13.9. The number of carbonyl (C=O) groups is 2. The Kier molecular flexibility index (Phi) is 8.36. The normalized spacial score (nSPS) is 13.9. The highest BCUT2D eigenvalue weighted by atomic mass is 35.5. The van der Waals surface area contributed by atoms with Crippen molar-refractivity contribution < 1.29 is 27.9 Å². The maximum Gasteiger partial charge on any atom is 0.417 e. The second kappa shape index (κ2) is 9.78. The van der Waals surface area contributed by atoms with E-state index in [1.165, 1.54) is 6.07 Å². The minimum atomic E-state index is -4.62. The van der Waals surface area contributed by atoms with Gasteiger partial charge in [0.2, 0.25) is 5.91 Å². The van der Waals surface area contributed by atoms with Gasteiger partial charge in [0.25, 0.3) is 0 Å². The van der Waals surface area contributed by atoms with Gasteiger partial charge < -0.3 is 15.7 Å². The number of hydrogen-bond donors (Lipinski definition) is 3. The standard InChI is InChI=1S/C17H22ClF3N2O3/c1-3-4-5-14(16(25)26)22-10(2)8-15(24)23-11-6-7-13(18)12(9-11)17(19,20)21/h6-7,9-10,14,22H,3-5,8H2,1-2H3,(H,23,24)(H,25,26)/t10?,14-/m0/s1. The lowest BCUT2D eigenvalue weighted by Crippen LogP contribution is -2.43. The van der Waals surface area contributed by atoms with E-state index in [1.54, 1.807) is 6.92 Å². The molecular weight excluding hydrogens is 373 g/mol. The van der Waals surface area contributed by atoms with E-state index in [-0.39, 0.29) is 12.1 Å². The zero-order chi connectivity index (χ0) is 19.9. The first-order chi connectivity index (χ1) is 12.0. The number of hydrogen-bond acceptors (Lipinski definition) is 3. The van der Waals surface area contributed by atoms with Gasteiger partial charge in [-0.2, -0.15) is 13.2 Å². The highest BCUT2D eigenvalue weighted by Crippen LogP contribution is 2.36. The topological polar surface area (TPSA) is 78.4 Å². The van der Waals surface area contributed by atoms with Crippen LogP contribution in [0.25, 0.3) is 0 Å². The molecule has 3 N–H and O–H groups in total. The number of carboxylic acid groups (broad SMARTS) is 1. The fourth-order valence-corrected chi connectivity index (χ4v) is 2.62. The van der Waals surface area contributed by atoms with E-state index in [0.29, 0.717) is 6.42 Å². The molecule has 0 aliphatic carbocycles. The Morgan fingerprint density at radius 1 is 1.31 bits per heavy atom. The third kappa shape index (κ3) is 7.21. The van der Waals surface area contributed by atoms with Crippen molar-refractivity contribution in [2.75, 3.05) is 5.32 Å². The molecule has 1 aromatic carbocycles. The summed E-state index contributed by atoms with van der Waals surface area (Å²) in [4.78, 5) is 23.2. The smallest absolute Gasteiger partial charge is 0.417 e. The monoisotopic (exact) mass is 394 g/mol. The zero-order valence-electron chi connectivity index (χ0n) is 14.5. The molecule has 0 aromatic heterocycles. The summed E-state index contributed by atoms with van der Waals surface area (Å²) in [6.07, 6.45) is -2.70. The first-order valence-corrected chi connectivity index (χ1v) is 8.57. The second-order valence-corrected chi connectivity index (χ2v) is 6.45. The molecule has 0 saturated heterocycles. The molecule has 0 spiro atoms. The van der Waals surface area contributed by atoms with Crippen LogP contribution in [0.5, 0.6) is 0 Å². The number of unbranched alkanes of at least 4 members (excludes halogenated alkanes) is 1. The largest absolute Gasteiger partial charge is 0.480 e. The van der Waals surface area contributed by atoms with Crippen molar-refractivity contribution in [2.24, 2.45) is 0 Å². The molecule has 1 aromatic rings. The summed E-state index contributed by atoms with van der Waals surface area (Å²) >= 11 is 5.53. The maximum atomic E-state index is 12.8. The fourth-order valence-electron chi connectivity index (χ4n) is 2.40. The zero-order valence-corrected chi connectivity index (χ0v) is 15.2. The van der Waals surface area contributed by atoms with Crippen molar-refractivity contribution in [3.8, 4) is 0 Å². The van der Waals surface area contributed by atoms with Gasteiger partial charge in [0.1, 0.15) is 6.04 Å². The Labute approximate surface area is 154 Å². The van der Waals surface area contributed by atoms with Gasteiger partial charge in [0, 0.05) is 18.2 Å². The molecule has 1 unspecified atom stereocenters. The van der Waals surface area contributed by atoms with Gasteiger partial charge in [-0.1, -0.05) is 31.4 Å². The number of carbonyl (C=O) groups excluding carboxylic acids is 1. The summed E-state index contributed by atoms with van der Waals surface area (Å²) in [5.41, 5.74) is -1.06. The fraction of sp³-hybridized carbons (Fsp3) is 0.529. The lowest BCUT2D eigenvalue weighted by atomic mass is 10.1. The average Bonchev–Trinajstić information content (AvgIpc) is 2.51. The van der Waals surface area contributed by atoms with E-state index in [1.807, 2.05) is 6.92 Å². The van der Waals surface area contributed by atoms with Crippen LogP contribution in [-0.4, -0.2) is 29.1 Å². The second-order valence-electron chi connectivity index (χ2n) is 6.05. The van der Waals surface area contributed by atoms with Crippen molar-refractivity contribution >= 4 is 29.2 Å². The van der Waals surface area contributed by atoms with E-state index in [0.717, 1.165) is 25.0 Å². The molecule has 0 aliphatic rings. The third-order valence-electron chi connectivity index (χ3n) is 3.68. The van der Waals surface area contributed by atoms with Crippen molar-refractivity contribution in [2.45, 2.75) is 57.8 Å². The molecule has 0 heterocycles. The Morgan fingerprint density at radius 2 is 1.96 bits per heavy atom. The van der Waals surface area contributed by atoms with Crippen molar-refractivity contribution in [3.63, 3.8) is 0 Å². The quantitative estimate of drug-likeness (QED) is 0.583.